The van der Waals surface area contributed by atoms with Crippen molar-refractivity contribution in [2.45, 2.75) is 45.6 Å². The van der Waals surface area contributed by atoms with Crippen molar-refractivity contribution in [3.05, 3.63) is 12.0 Å². The minimum absolute atomic E-state index is 0.482. The molecule has 1 atom stereocenters. The lowest BCUT2D eigenvalue weighted by atomic mass is 10.0. The summed E-state index contributed by atoms with van der Waals surface area (Å²) in [6, 6.07) is 1.15. The Morgan fingerprint density at radius 3 is 2.79 bits per heavy atom. The Morgan fingerprint density at radius 2 is 2.21 bits per heavy atom. The van der Waals surface area contributed by atoms with E-state index in [-0.39, 0.29) is 0 Å². The van der Waals surface area contributed by atoms with Crippen LogP contribution in [-0.2, 0) is 0 Å². The molecule has 0 spiro atoms. The number of nitrogens with one attached hydrogen (secondary N) is 1. The number of hydrogen-bond donors (Lipinski definition) is 1. The first-order valence-electron chi connectivity index (χ1n) is 5.44. The highest BCUT2D eigenvalue weighted by atomic mass is 16.4. The molecule has 1 aromatic heterocycles. The first kappa shape index (κ1) is 9.56. The summed E-state index contributed by atoms with van der Waals surface area (Å²) in [6.07, 6.45) is 7.12. The van der Waals surface area contributed by atoms with Crippen LogP contribution in [0.15, 0.2) is 10.7 Å². The first-order chi connectivity index (χ1) is 6.75. The summed E-state index contributed by atoms with van der Waals surface area (Å²) in [7, 11) is 0. The minimum Gasteiger partial charge on any atom is -0.432 e. The highest BCUT2D eigenvalue weighted by Crippen LogP contribution is 2.28. The zero-order valence-corrected chi connectivity index (χ0v) is 8.92. The molecular weight excluding hydrogens is 176 g/mol. The molecule has 3 heteroatoms. The third-order valence-electron chi connectivity index (χ3n) is 3.08. The fraction of sp³-hybridized carbons (Fsp3) is 0.727. The molecular formula is C11H18N2O. The molecule has 1 heterocycles. The lowest BCUT2D eigenvalue weighted by Crippen LogP contribution is -2.23. The van der Waals surface area contributed by atoms with Crippen molar-refractivity contribution in [2.24, 2.45) is 5.92 Å². The van der Waals surface area contributed by atoms with E-state index in [1.165, 1.54) is 25.7 Å². The smallest absolute Gasteiger partial charge is 0.294 e. The Kier molecular flexibility index (Phi) is 2.75. The van der Waals surface area contributed by atoms with Crippen molar-refractivity contribution in [3.8, 4) is 0 Å². The average molecular weight is 194 g/mol. The van der Waals surface area contributed by atoms with Gasteiger partial charge >= 0.3 is 0 Å². The van der Waals surface area contributed by atoms with E-state index >= 15 is 0 Å². The first-order valence-corrected chi connectivity index (χ1v) is 5.44. The van der Waals surface area contributed by atoms with Crippen LogP contribution in [-0.4, -0.2) is 11.0 Å². The maximum atomic E-state index is 5.27. The molecule has 1 aliphatic carbocycles. The van der Waals surface area contributed by atoms with Gasteiger partial charge in [0, 0.05) is 6.04 Å². The van der Waals surface area contributed by atoms with Gasteiger partial charge in [-0.2, -0.15) is 4.98 Å². The van der Waals surface area contributed by atoms with Crippen LogP contribution in [0.5, 0.6) is 0 Å². The second-order valence-electron chi connectivity index (χ2n) is 4.27. The monoisotopic (exact) mass is 194 g/mol. The molecule has 0 amide bonds. The number of aromatic nitrogens is 1. The number of aryl methyl sites for hydroxylation is 1. The molecule has 2 rings (SSSR count). The molecule has 14 heavy (non-hydrogen) atoms. The quantitative estimate of drug-likeness (QED) is 0.803. The highest BCUT2D eigenvalue weighted by Gasteiger charge is 2.22. The Balaban J connectivity index is 1.90. The zero-order chi connectivity index (χ0) is 9.97. The van der Waals surface area contributed by atoms with Crippen LogP contribution < -0.4 is 5.32 Å². The van der Waals surface area contributed by atoms with Crippen molar-refractivity contribution in [1.29, 1.82) is 0 Å². The van der Waals surface area contributed by atoms with Gasteiger partial charge in [0.25, 0.3) is 6.01 Å². The van der Waals surface area contributed by atoms with Crippen LogP contribution in [0.4, 0.5) is 6.01 Å². The second-order valence-corrected chi connectivity index (χ2v) is 4.27. The summed E-state index contributed by atoms with van der Waals surface area (Å²) in [5.74, 6) is 0.794. The predicted octanol–water partition coefficient (Wildman–Crippen LogP) is 2.97. The third-order valence-corrected chi connectivity index (χ3v) is 3.08. The van der Waals surface area contributed by atoms with Crippen LogP contribution in [0, 0.1) is 12.8 Å². The Labute approximate surface area is 84.9 Å². The Hall–Kier alpha value is -0.990. The van der Waals surface area contributed by atoms with Gasteiger partial charge in [0.05, 0.1) is 5.69 Å². The fourth-order valence-electron chi connectivity index (χ4n) is 2.19. The van der Waals surface area contributed by atoms with Gasteiger partial charge < -0.3 is 9.73 Å². The number of nitrogens with zero attached hydrogens (tertiary/aromatic N) is 1. The van der Waals surface area contributed by atoms with Crippen LogP contribution in [0.1, 0.15) is 38.3 Å². The van der Waals surface area contributed by atoms with E-state index in [2.05, 4.69) is 17.2 Å². The number of oxazole rings is 1. The standard InChI is InChI=1S/C11H18N2O/c1-8-7-14-11(12-8)13-9(2)10-5-3-4-6-10/h7,9-10H,3-6H2,1-2H3,(H,12,13). The van der Waals surface area contributed by atoms with E-state index < -0.39 is 0 Å². The molecule has 0 bridgehead atoms. The molecule has 0 aliphatic heterocycles. The van der Waals surface area contributed by atoms with Crippen LogP contribution in [0.2, 0.25) is 0 Å². The molecule has 1 aromatic rings. The lowest BCUT2D eigenvalue weighted by Gasteiger charge is -2.18. The maximum Gasteiger partial charge on any atom is 0.294 e. The third kappa shape index (κ3) is 2.08. The summed E-state index contributed by atoms with van der Waals surface area (Å²) in [5, 5.41) is 3.33. The van der Waals surface area contributed by atoms with Crippen LogP contribution >= 0.6 is 0 Å². The largest absolute Gasteiger partial charge is 0.432 e. The average Bonchev–Trinajstić information content (AvgIpc) is 2.75. The minimum atomic E-state index is 0.482. The van der Waals surface area contributed by atoms with Crippen LogP contribution in [0.3, 0.4) is 0 Å². The van der Waals surface area contributed by atoms with Gasteiger partial charge in [-0.1, -0.05) is 12.8 Å². The van der Waals surface area contributed by atoms with Gasteiger partial charge in [0.2, 0.25) is 0 Å². The van der Waals surface area contributed by atoms with E-state index in [1.807, 2.05) is 6.92 Å². The highest BCUT2D eigenvalue weighted by molar-refractivity contribution is 5.22. The molecule has 78 valence electrons. The zero-order valence-electron chi connectivity index (χ0n) is 8.92. The summed E-state index contributed by atoms with van der Waals surface area (Å²) in [4.78, 5) is 4.24. The van der Waals surface area contributed by atoms with E-state index in [1.54, 1.807) is 6.26 Å². The summed E-state index contributed by atoms with van der Waals surface area (Å²) in [6.45, 7) is 4.16. The topological polar surface area (TPSA) is 38.1 Å². The number of anilines is 1. The summed E-state index contributed by atoms with van der Waals surface area (Å²) < 4.78 is 5.27. The van der Waals surface area contributed by atoms with Crippen molar-refractivity contribution >= 4 is 6.01 Å². The molecule has 1 N–H and O–H groups in total. The van der Waals surface area contributed by atoms with Gasteiger partial charge in [-0.25, -0.2) is 0 Å². The van der Waals surface area contributed by atoms with Crippen molar-refractivity contribution in [1.82, 2.24) is 4.98 Å². The van der Waals surface area contributed by atoms with E-state index in [9.17, 15) is 0 Å². The van der Waals surface area contributed by atoms with E-state index in [4.69, 9.17) is 4.42 Å². The number of hydrogen-bond acceptors (Lipinski definition) is 3. The molecule has 1 unspecified atom stereocenters. The van der Waals surface area contributed by atoms with Gasteiger partial charge in [-0.15, -0.1) is 0 Å². The van der Waals surface area contributed by atoms with Gasteiger partial charge in [0.1, 0.15) is 6.26 Å². The Morgan fingerprint density at radius 1 is 1.50 bits per heavy atom. The van der Waals surface area contributed by atoms with E-state index in [0.29, 0.717) is 12.1 Å². The van der Waals surface area contributed by atoms with Crippen LogP contribution in [0.25, 0.3) is 0 Å². The maximum absolute atomic E-state index is 5.27. The van der Waals surface area contributed by atoms with E-state index in [0.717, 1.165) is 11.6 Å². The lowest BCUT2D eigenvalue weighted by molar-refractivity contribution is 0.463. The summed E-state index contributed by atoms with van der Waals surface area (Å²) >= 11 is 0. The number of rotatable bonds is 3. The molecule has 0 aromatic carbocycles. The van der Waals surface area contributed by atoms with Gasteiger partial charge in [0.15, 0.2) is 0 Å². The molecule has 3 nitrogen and oxygen atoms in total. The van der Waals surface area contributed by atoms with Gasteiger partial charge in [-0.3, -0.25) is 0 Å². The summed E-state index contributed by atoms with van der Waals surface area (Å²) in [5.41, 5.74) is 0.936. The van der Waals surface area contributed by atoms with Gasteiger partial charge in [-0.05, 0) is 32.6 Å². The molecule has 1 aliphatic rings. The molecule has 0 saturated heterocycles. The fourth-order valence-corrected chi connectivity index (χ4v) is 2.19. The predicted molar refractivity (Wildman–Crippen MR) is 56.3 cm³/mol. The second kappa shape index (κ2) is 4.03. The normalized spacial score (nSPS) is 19.9. The van der Waals surface area contributed by atoms with Crippen molar-refractivity contribution < 1.29 is 4.42 Å². The SMILES string of the molecule is Cc1coc(NC(C)C2CCCC2)n1. The van der Waals surface area contributed by atoms with Crippen molar-refractivity contribution in [3.63, 3.8) is 0 Å². The molecule has 0 radical (unpaired) electrons. The molecule has 1 fully saturated rings. The molecule has 1 saturated carbocycles. The Bertz CT molecular complexity index is 289. The van der Waals surface area contributed by atoms with Crippen molar-refractivity contribution in [2.75, 3.05) is 5.32 Å².